The van der Waals surface area contributed by atoms with E-state index in [4.69, 9.17) is 0 Å². The van der Waals surface area contributed by atoms with Crippen molar-refractivity contribution in [2.45, 2.75) is 32.0 Å². The van der Waals surface area contributed by atoms with E-state index in [-0.39, 0.29) is 11.1 Å². The Morgan fingerprint density at radius 2 is 1.79 bits per heavy atom. The first-order valence-electron chi connectivity index (χ1n) is 9.00. The van der Waals surface area contributed by atoms with Crippen molar-refractivity contribution >= 4 is 33.6 Å². The number of aromatic nitrogens is 6. The molecule has 144 valence electrons. The van der Waals surface area contributed by atoms with Crippen LogP contribution in [-0.4, -0.2) is 35.6 Å². The number of fused-ring (bicyclic) bond motifs is 2. The molecule has 0 saturated carbocycles. The first-order chi connectivity index (χ1) is 13.5. The van der Waals surface area contributed by atoms with Crippen LogP contribution in [0.3, 0.4) is 0 Å². The largest absolute Gasteiger partial charge is 0.315 e. The Hall–Kier alpha value is -2.94. The van der Waals surface area contributed by atoms with Crippen molar-refractivity contribution in [2.75, 3.05) is 6.26 Å². The maximum Gasteiger partial charge on any atom is 0.266 e. The number of hydrogen-bond acceptors (Lipinski definition) is 6. The van der Waals surface area contributed by atoms with E-state index < -0.39 is 0 Å². The topological polar surface area (TPSA) is 98.5 Å². The van der Waals surface area contributed by atoms with Crippen molar-refractivity contribution < 1.29 is 0 Å². The zero-order valence-electron chi connectivity index (χ0n) is 15.8. The van der Waals surface area contributed by atoms with Gasteiger partial charge in [-0.3, -0.25) is 14.2 Å². The third kappa shape index (κ3) is 3.22. The van der Waals surface area contributed by atoms with E-state index in [1.165, 1.54) is 16.3 Å². The molecule has 4 aromatic heterocycles. The van der Waals surface area contributed by atoms with E-state index in [9.17, 15) is 9.59 Å². The molecule has 0 atom stereocenters. The van der Waals surface area contributed by atoms with E-state index in [0.29, 0.717) is 45.4 Å². The van der Waals surface area contributed by atoms with E-state index in [1.54, 1.807) is 29.1 Å². The fourth-order valence-electron chi connectivity index (χ4n) is 3.04. The Balaban J connectivity index is 1.89. The molecule has 0 fully saturated rings. The van der Waals surface area contributed by atoms with Gasteiger partial charge in [0.1, 0.15) is 0 Å². The van der Waals surface area contributed by atoms with Crippen LogP contribution in [0.2, 0.25) is 0 Å². The minimum atomic E-state index is -0.298. The Morgan fingerprint density at radius 1 is 1.07 bits per heavy atom. The third-order valence-corrected chi connectivity index (χ3v) is 5.17. The van der Waals surface area contributed by atoms with Gasteiger partial charge in [0.05, 0.1) is 21.8 Å². The predicted molar refractivity (Wildman–Crippen MR) is 110 cm³/mol. The second kappa shape index (κ2) is 7.23. The van der Waals surface area contributed by atoms with Crippen LogP contribution in [0.25, 0.3) is 27.8 Å². The molecule has 0 spiro atoms. The molecule has 9 heteroatoms. The van der Waals surface area contributed by atoms with Crippen LogP contribution in [0.5, 0.6) is 0 Å². The van der Waals surface area contributed by atoms with Crippen LogP contribution in [0.4, 0.5) is 0 Å². The molecule has 0 aliphatic carbocycles. The molecule has 0 aliphatic heterocycles. The van der Waals surface area contributed by atoms with Crippen LogP contribution in [0.1, 0.15) is 20.3 Å². The van der Waals surface area contributed by atoms with Crippen LogP contribution in [-0.2, 0) is 6.54 Å². The number of rotatable bonds is 5. The molecule has 0 radical (unpaired) electrons. The number of nitrogens with one attached hydrogen (secondary N) is 1. The van der Waals surface area contributed by atoms with Gasteiger partial charge in [-0.2, -0.15) is 4.98 Å². The molecule has 0 aromatic carbocycles. The van der Waals surface area contributed by atoms with E-state index in [1.807, 2.05) is 12.3 Å². The molecule has 1 N–H and O–H groups in total. The van der Waals surface area contributed by atoms with Crippen LogP contribution >= 0.6 is 11.8 Å². The molecular weight excluding hydrogens is 376 g/mol. The van der Waals surface area contributed by atoms with Crippen molar-refractivity contribution in [3.05, 3.63) is 51.3 Å². The molecule has 0 amide bonds. The Morgan fingerprint density at radius 3 is 2.46 bits per heavy atom. The monoisotopic (exact) mass is 396 g/mol. The molecule has 4 rings (SSSR count). The van der Waals surface area contributed by atoms with Crippen molar-refractivity contribution in [1.29, 1.82) is 0 Å². The summed E-state index contributed by atoms with van der Waals surface area (Å²) in [6, 6.07) is 5.20. The third-order valence-electron chi connectivity index (χ3n) is 4.63. The lowest BCUT2D eigenvalue weighted by atomic mass is 10.1. The van der Waals surface area contributed by atoms with E-state index in [0.717, 1.165) is 6.42 Å². The molecule has 4 aromatic rings. The molecule has 0 saturated heterocycles. The minimum absolute atomic E-state index is 0.133. The first-order valence-corrected chi connectivity index (χ1v) is 10.2. The van der Waals surface area contributed by atoms with Crippen LogP contribution in [0.15, 0.2) is 45.3 Å². The molecule has 8 nitrogen and oxygen atoms in total. The fourth-order valence-corrected chi connectivity index (χ4v) is 3.36. The van der Waals surface area contributed by atoms with Crippen molar-refractivity contribution in [3.63, 3.8) is 0 Å². The maximum absolute atomic E-state index is 13.0. The second-order valence-corrected chi connectivity index (χ2v) is 7.76. The number of H-pyrrole nitrogens is 1. The van der Waals surface area contributed by atoms with Gasteiger partial charge in [0, 0.05) is 18.9 Å². The summed E-state index contributed by atoms with van der Waals surface area (Å²) in [5.41, 5.74) is 0.692. The molecule has 0 aliphatic rings. The molecular formula is C19H20N6O2S. The lowest BCUT2D eigenvalue weighted by Gasteiger charge is -2.09. The zero-order valence-corrected chi connectivity index (χ0v) is 16.7. The summed E-state index contributed by atoms with van der Waals surface area (Å²) in [6.07, 6.45) is 6.14. The summed E-state index contributed by atoms with van der Waals surface area (Å²) < 4.78 is 3.06. The normalized spacial score (nSPS) is 11.7. The Bertz CT molecular complexity index is 1290. The molecule has 28 heavy (non-hydrogen) atoms. The SMILES string of the molecule is CSc1n[nH]c(-n2ccc3nc4ccn(CCC(C)C)c(=O)c4cc3c2=O)n1. The van der Waals surface area contributed by atoms with Gasteiger partial charge in [0.15, 0.2) is 0 Å². The van der Waals surface area contributed by atoms with Gasteiger partial charge in [-0.25, -0.2) is 10.1 Å². The lowest BCUT2D eigenvalue weighted by molar-refractivity contribution is 0.509. The molecule has 0 bridgehead atoms. The van der Waals surface area contributed by atoms with Crippen molar-refractivity contribution in [1.82, 2.24) is 29.3 Å². The smallest absolute Gasteiger partial charge is 0.266 e. The summed E-state index contributed by atoms with van der Waals surface area (Å²) in [5.74, 6) is 0.830. The highest BCUT2D eigenvalue weighted by Crippen LogP contribution is 2.16. The van der Waals surface area contributed by atoms with Crippen molar-refractivity contribution in [2.24, 2.45) is 5.92 Å². The van der Waals surface area contributed by atoms with E-state index in [2.05, 4.69) is 34.0 Å². The highest BCUT2D eigenvalue weighted by atomic mass is 32.2. The number of aryl methyl sites for hydroxylation is 1. The first kappa shape index (κ1) is 18.4. The highest BCUT2D eigenvalue weighted by Gasteiger charge is 2.12. The summed E-state index contributed by atoms with van der Waals surface area (Å²) >= 11 is 1.38. The van der Waals surface area contributed by atoms with Crippen LogP contribution in [0, 0.1) is 5.92 Å². The summed E-state index contributed by atoms with van der Waals surface area (Å²) in [7, 11) is 0. The summed E-state index contributed by atoms with van der Waals surface area (Å²) in [4.78, 5) is 34.7. The zero-order chi connectivity index (χ0) is 19.8. The van der Waals surface area contributed by atoms with Crippen LogP contribution < -0.4 is 11.1 Å². The quantitative estimate of drug-likeness (QED) is 0.411. The minimum Gasteiger partial charge on any atom is -0.315 e. The Labute approximate surface area is 164 Å². The Kier molecular flexibility index (Phi) is 4.76. The average molecular weight is 396 g/mol. The highest BCUT2D eigenvalue weighted by molar-refractivity contribution is 7.98. The number of hydrogen-bond donors (Lipinski definition) is 1. The fraction of sp³-hybridized carbons (Fsp3) is 0.316. The number of pyridine rings is 3. The summed E-state index contributed by atoms with van der Waals surface area (Å²) in [6.45, 7) is 4.88. The van der Waals surface area contributed by atoms with Gasteiger partial charge >= 0.3 is 0 Å². The van der Waals surface area contributed by atoms with Gasteiger partial charge < -0.3 is 4.57 Å². The number of nitrogens with zero attached hydrogens (tertiary/aromatic N) is 5. The summed E-state index contributed by atoms with van der Waals surface area (Å²) in [5, 5.41) is 8.16. The lowest BCUT2D eigenvalue weighted by Crippen LogP contribution is -2.22. The van der Waals surface area contributed by atoms with Gasteiger partial charge in [0.25, 0.3) is 11.1 Å². The van der Waals surface area contributed by atoms with Crippen molar-refractivity contribution in [3.8, 4) is 5.95 Å². The molecule has 4 heterocycles. The molecule has 0 unspecified atom stereocenters. The second-order valence-electron chi connectivity index (χ2n) is 6.99. The predicted octanol–water partition coefficient (Wildman–Crippen LogP) is 2.59. The van der Waals surface area contributed by atoms with Gasteiger partial charge in [0.2, 0.25) is 11.1 Å². The van der Waals surface area contributed by atoms with Gasteiger partial charge in [-0.15, -0.1) is 5.10 Å². The average Bonchev–Trinajstić information content (AvgIpc) is 3.16. The number of thioether (sulfide) groups is 1. The maximum atomic E-state index is 13.0. The standard InChI is InChI=1S/C19H20N6O2S/c1-11(2)4-7-24-8-5-14-12(16(24)26)10-13-15(20-14)6-9-25(17(13)27)18-21-19(28-3)23-22-18/h5-6,8-11H,4,7H2,1-3H3,(H,21,22,23). The van der Waals surface area contributed by atoms with Gasteiger partial charge in [-0.05, 0) is 36.8 Å². The number of aromatic amines is 1. The van der Waals surface area contributed by atoms with Gasteiger partial charge in [-0.1, -0.05) is 25.6 Å². The van der Waals surface area contributed by atoms with E-state index >= 15 is 0 Å².